The number of para-hydroxylation sites is 1. The Labute approximate surface area is 159 Å². The second-order valence-electron chi connectivity index (χ2n) is 6.95. The molecule has 2 aromatic rings. The number of aryl methyl sites for hydroxylation is 2. The molecule has 7 heteroatoms. The van der Waals surface area contributed by atoms with Gasteiger partial charge < -0.3 is 10.0 Å². The molecular weight excluding hydrogens is 364 g/mol. The summed E-state index contributed by atoms with van der Waals surface area (Å²) in [6.45, 7) is 4.70. The average molecular weight is 388 g/mol. The maximum absolute atomic E-state index is 12.6. The monoisotopic (exact) mass is 388 g/mol. The number of nitrogens with zero attached hydrogens (tertiary/aromatic N) is 1. The predicted molar refractivity (Wildman–Crippen MR) is 103 cm³/mol. The fourth-order valence-corrected chi connectivity index (χ4v) is 4.58. The average Bonchev–Trinajstić information content (AvgIpc) is 2.64. The number of carbonyl (C=O) groups excluding carboxylic acids is 1. The molecule has 0 aliphatic carbocycles. The minimum atomic E-state index is -3.59. The second kappa shape index (κ2) is 7.70. The molecule has 0 aromatic heterocycles. The number of amides is 1. The molecule has 0 saturated carbocycles. The molecule has 0 bridgehead atoms. The van der Waals surface area contributed by atoms with Crippen LogP contribution in [0.15, 0.2) is 47.4 Å². The number of carbonyl (C=O) groups is 1. The number of nitrogens with one attached hydrogen (secondary N) is 1. The van der Waals surface area contributed by atoms with Crippen molar-refractivity contribution in [2.24, 2.45) is 0 Å². The summed E-state index contributed by atoms with van der Waals surface area (Å²) >= 11 is 0. The van der Waals surface area contributed by atoms with Gasteiger partial charge in [-0.2, -0.15) is 0 Å². The lowest BCUT2D eigenvalue weighted by atomic mass is 10.0. The van der Waals surface area contributed by atoms with Crippen LogP contribution in [0.4, 0.5) is 0 Å². The largest absolute Gasteiger partial charge is 0.507 e. The highest BCUT2D eigenvalue weighted by Crippen LogP contribution is 2.22. The van der Waals surface area contributed by atoms with E-state index in [0.717, 1.165) is 11.1 Å². The smallest absolute Gasteiger partial charge is 0.257 e. The van der Waals surface area contributed by atoms with Crippen molar-refractivity contribution in [2.75, 3.05) is 13.1 Å². The molecule has 27 heavy (non-hydrogen) atoms. The maximum atomic E-state index is 12.6. The van der Waals surface area contributed by atoms with Crippen LogP contribution in [0.2, 0.25) is 0 Å². The van der Waals surface area contributed by atoms with Gasteiger partial charge in [0, 0.05) is 19.1 Å². The van der Waals surface area contributed by atoms with E-state index in [1.807, 2.05) is 13.8 Å². The number of rotatable bonds is 4. The Hall–Kier alpha value is -2.38. The number of phenols is 1. The Morgan fingerprint density at radius 2 is 1.74 bits per heavy atom. The van der Waals surface area contributed by atoms with Crippen molar-refractivity contribution in [2.45, 2.75) is 37.6 Å². The van der Waals surface area contributed by atoms with Crippen molar-refractivity contribution in [3.05, 3.63) is 59.2 Å². The van der Waals surface area contributed by atoms with Gasteiger partial charge in [0.2, 0.25) is 10.0 Å². The molecule has 0 atom stereocenters. The maximum Gasteiger partial charge on any atom is 0.257 e. The summed E-state index contributed by atoms with van der Waals surface area (Å²) in [5.41, 5.74) is 2.25. The molecule has 6 nitrogen and oxygen atoms in total. The number of sulfonamides is 1. The van der Waals surface area contributed by atoms with Crippen LogP contribution < -0.4 is 4.72 Å². The Kier molecular flexibility index (Phi) is 5.53. The topological polar surface area (TPSA) is 86.7 Å². The van der Waals surface area contributed by atoms with Gasteiger partial charge in [0.1, 0.15) is 5.75 Å². The predicted octanol–water partition coefficient (Wildman–Crippen LogP) is 2.59. The van der Waals surface area contributed by atoms with Crippen molar-refractivity contribution in [1.82, 2.24) is 9.62 Å². The van der Waals surface area contributed by atoms with Crippen LogP contribution >= 0.6 is 0 Å². The van der Waals surface area contributed by atoms with Crippen molar-refractivity contribution in [3.63, 3.8) is 0 Å². The summed E-state index contributed by atoms with van der Waals surface area (Å²) in [5.74, 6) is -0.274. The van der Waals surface area contributed by atoms with Gasteiger partial charge in [-0.3, -0.25) is 4.79 Å². The lowest BCUT2D eigenvalue weighted by Crippen LogP contribution is -2.46. The molecular formula is C20H24N2O4S. The molecule has 1 fully saturated rings. The van der Waals surface area contributed by atoms with Crippen LogP contribution in [-0.2, 0) is 10.0 Å². The summed E-state index contributed by atoms with van der Waals surface area (Å²) < 4.78 is 28.0. The van der Waals surface area contributed by atoms with Crippen LogP contribution in [0, 0.1) is 13.8 Å². The summed E-state index contributed by atoms with van der Waals surface area (Å²) in [6.07, 6.45) is 1.06. The molecule has 1 aliphatic heterocycles. The first kappa shape index (κ1) is 19.4. The number of piperidine rings is 1. The van der Waals surface area contributed by atoms with Crippen molar-refractivity contribution in [1.29, 1.82) is 0 Å². The van der Waals surface area contributed by atoms with Crippen LogP contribution in [0.25, 0.3) is 0 Å². The molecule has 1 saturated heterocycles. The van der Waals surface area contributed by atoms with E-state index in [-0.39, 0.29) is 28.2 Å². The van der Waals surface area contributed by atoms with Crippen LogP contribution in [0.1, 0.15) is 34.3 Å². The molecule has 1 heterocycles. The Balaban J connectivity index is 1.63. The third kappa shape index (κ3) is 4.31. The number of hydrogen-bond acceptors (Lipinski definition) is 4. The zero-order valence-electron chi connectivity index (χ0n) is 15.5. The molecule has 0 unspecified atom stereocenters. The van der Waals surface area contributed by atoms with E-state index in [1.165, 1.54) is 6.07 Å². The minimum Gasteiger partial charge on any atom is -0.507 e. The van der Waals surface area contributed by atoms with E-state index in [2.05, 4.69) is 4.72 Å². The zero-order chi connectivity index (χ0) is 19.6. The number of aromatic hydroxyl groups is 1. The lowest BCUT2D eigenvalue weighted by molar-refractivity contribution is 0.0708. The SMILES string of the molecule is Cc1ccc(S(=O)(=O)NC2CCN(C(=O)c3ccccc3O)CC2)cc1C. The normalized spacial score (nSPS) is 15.7. The summed E-state index contributed by atoms with van der Waals surface area (Å²) in [5, 5.41) is 9.85. The van der Waals surface area contributed by atoms with Gasteiger partial charge in [0.25, 0.3) is 5.91 Å². The quantitative estimate of drug-likeness (QED) is 0.843. The number of hydrogen-bond donors (Lipinski definition) is 2. The van der Waals surface area contributed by atoms with Gasteiger partial charge in [-0.05, 0) is 62.1 Å². The van der Waals surface area contributed by atoms with E-state index >= 15 is 0 Å². The summed E-state index contributed by atoms with van der Waals surface area (Å²) in [6, 6.07) is 11.3. The highest BCUT2D eigenvalue weighted by Gasteiger charge is 2.28. The Morgan fingerprint density at radius 1 is 1.07 bits per heavy atom. The van der Waals surface area contributed by atoms with Crippen LogP contribution in [-0.4, -0.2) is 43.5 Å². The highest BCUT2D eigenvalue weighted by molar-refractivity contribution is 7.89. The fourth-order valence-electron chi connectivity index (χ4n) is 3.19. The summed E-state index contributed by atoms with van der Waals surface area (Å²) in [7, 11) is -3.59. The first-order valence-electron chi connectivity index (χ1n) is 8.95. The van der Waals surface area contributed by atoms with Gasteiger partial charge in [-0.1, -0.05) is 18.2 Å². The van der Waals surface area contributed by atoms with Crippen molar-refractivity contribution in [3.8, 4) is 5.75 Å². The highest BCUT2D eigenvalue weighted by atomic mass is 32.2. The van der Waals surface area contributed by atoms with E-state index in [1.54, 1.807) is 41.3 Å². The Morgan fingerprint density at radius 3 is 2.37 bits per heavy atom. The van der Waals surface area contributed by atoms with Gasteiger partial charge in [0.05, 0.1) is 10.5 Å². The van der Waals surface area contributed by atoms with Crippen molar-refractivity contribution >= 4 is 15.9 Å². The van der Waals surface area contributed by atoms with Crippen LogP contribution in [0.5, 0.6) is 5.75 Å². The molecule has 3 rings (SSSR count). The van der Waals surface area contributed by atoms with Crippen LogP contribution in [0.3, 0.4) is 0 Å². The first-order valence-corrected chi connectivity index (χ1v) is 10.4. The van der Waals surface area contributed by atoms with Gasteiger partial charge in [-0.15, -0.1) is 0 Å². The zero-order valence-corrected chi connectivity index (χ0v) is 16.3. The van der Waals surface area contributed by atoms with Crippen molar-refractivity contribution < 1.29 is 18.3 Å². The van der Waals surface area contributed by atoms with Gasteiger partial charge >= 0.3 is 0 Å². The lowest BCUT2D eigenvalue weighted by Gasteiger charge is -2.32. The standard InChI is InChI=1S/C20H24N2O4S/c1-14-7-8-17(13-15(14)2)27(25,26)21-16-9-11-22(12-10-16)20(24)18-5-3-4-6-19(18)23/h3-8,13,16,21,23H,9-12H2,1-2H3. The van der Waals surface area contributed by atoms with Gasteiger partial charge in [0.15, 0.2) is 0 Å². The number of benzene rings is 2. The van der Waals surface area contributed by atoms with E-state index < -0.39 is 10.0 Å². The second-order valence-corrected chi connectivity index (χ2v) is 8.66. The van der Waals surface area contributed by atoms with E-state index in [4.69, 9.17) is 0 Å². The fraction of sp³-hybridized carbons (Fsp3) is 0.350. The molecule has 1 amide bonds. The molecule has 0 radical (unpaired) electrons. The molecule has 0 spiro atoms. The number of phenolic OH excluding ortho intramolecular Hbond substituents is 1. The Bertz CT molecular complexity index is 948. The molecule has 1 aliphatic rings. The minimum absolute atomic E-state index is 0.0416. The third-order valence-corrected chi connectivity index (χ3v) is 6.55. The first-order chi connectivity index (χ1) is 12.8. The van der Waals surface area contributed by atoms with E-state index in [9.17, 15) is 18.3 Å². The van der Waals surface area contributed by atoms with E-state index in [0.29, 0.717) is 25.9 Å². The molecule has 144 valence electrons. The number of likely N-dealkylation sites (tertiary alicyclic amines) is 1. The molecule has 2 aromatic carbocycles. The van der Waals surface area contributed by atoms with Gasteiger partial charge in [-0.25, -0.2) is 13.1 Å². The third-order valence-electron chi connectivity index (χ3n) is 5.03. The summed E-state index contributed by atoms with van der Waals surface area (Å²) in [4.78, 5) is 14.4. The molecule has 2 N–H and O–H groups in total.